The minimum atomic E-state index is -1.02. The lowest BCUT2D eigenvalue weighted by molar-refractivity contribution is 0.0690. The molecule has 1 N–H and O–H groups in total. The van der Waals surface area contributed by atoms with Gasteiger partial charge in [-0.05, 0) is 37.1 Å². The smallest absolute Gasteiger partial charge is 0.356 e. The first-order chi connectivity index (χ1) is 11.6. The Hall–Kier alpha value is -2.88. The molecule has 0 aliphatic heterocycles. The third-order valence-corrected chi connectivity index (χ3v) is 4.00. The predicted octanol–water partition coefficient (Wildman–Crippen LogP) is 4.50. The maximum Gasteiger partial charge on any atom is 0.356 e. The average Bonchev–Trinajstić information content (AvgIpc) is 3.02. The zero-order valence-corrected chi connectivity index (χ0v) is 13.9. The number of carboxylic acid groups (broad SMARTS) is 1. The summed E-state index contributed by atoms with van der Waals surface area (Å²) >= 11 is 0. The quantitative estimate of drug-likeness (QED) is 0.753. The van der Waals surface area contributed by atoms with Gasteiger partial charge in [0, 0.05) is 5.56 Å². The zero-order chi connectivity index (χ0) is 17.1. The Morgan fingerprint density at radius 3 is 2.33 bits per heavy atom. The van der Waals surface area contributed by atoms with Crippen LogP contribution in [0.3, 0.4) is 0 Å². The highest BCUT2D eigenvalue weighted by Crippen LogP contribution is 2.25. The van der Waals surface area contributed by atoms with Gasteiger partial charge in [-0.1, -0.05) is 55.3 Å². The van der Waals surface area contributed by atoms with E-state index in [0.717, 1.165) is 35.3 Å². The summed E-state index contributed by atoms with van der Waals surface area (Å²) < 4.78 is 1.69. The number of carbonyl (C=O) groups is 1. The fraction of sp³-hybridized carbons (Fsp3) is 0.200. The Kier molecular flexibility index (Phi) is 4.47. The molecular formula is C20H20N2O2. The zero-order valence-electron chi connectivity index (χ0n) is 13.9. The fourth-order valence-electron chi connectivity index (χ4n) is 2.70. The first kappa shape index (κ1) is 16.0. The van der Waals surface area contributed by atoms with Crippen LogP contribution in [0.2, 0.25) is 0 Å². The molecule has 0 spiro atoms. The van der Waals surface area contributed by atoms with Gasteiger partial charge in [-0.2, -0.15) is 5.10 Å². The molecule has 0 fully saturated rings. The highest BCUT2D eigenvalue weighted by molar-refractivity contribution is 5.87. The second kappa shape index (κ2) is 6.71. The first-order valence-corrected chi connectivity index (χ1v) is 8.08. The van der Waals surface area contributed by atoms with Crippen molar-refractivity contribution in [2.24, 2.45) is 0 Å². The molecule has 122 valence electrons. The lowest BCUT2D eigenvalue weighted by atomic mass is 10.1. The third kappa shape index (κ3) is 3.23. The van der Waals surface area contributed by atoms with Crippen molar-refractivity contribution in [2.45, 2.75) is 26.7 Å². The number of hydrogen-bond acceptors (Lipinski definition) is 2. The number of aromatic nitrogens is 2. The van der Waals surface area contributed by atoms with Crippen LogP contribution in [-0.2, 0) is 6.42 Å². The van der Waals surface area contributed by atoms with Crippen molar-refractivity contribution in [3.8, 4) is 16.9 Å². The average molecular weight is 320 g/mol. The second-order valence-electron chi connectivity index (χ2n) is 5.91. The molecular weight excluding hydrogens is 300 g/mol. The summed E-state index contributed by atoms with van der Waals surface area (Å²) in [6.45, 7) is 4.17. The summed E-state index contributed by atoms with van der Waals surface area (Å²) in [5.74, 6) is -1.02. The number of benzene rings is 2. The van der Waals surface area contributed by atoms with E-state index in [-0.39, 0.29) is 5.69 Å². The topological polar surface area (TPSA) is 55.1 Å². The van der Waals surface area contributed by atoms with Crippen LogP contribution in [0.1, 0.15) is 35.0 Å². The van der Waals surface area contributed by atoms with Gasteiger partial charge in [-0.25, -0.2) is 9.48 Å². The highest BCUT2D eigenvalue weighted by atomic mass is 16.4. The highest BCUT2D eigenvalue weighted by Gasteiger charge is 2.15. The molecule has 0 unspecified atom stereocenters. The molecule has 1 aromatic heterocycles. The summed E-state index contributed by atoms with van der Waals surface area (Å²) in [6, 6.07) is 17.7. The molecule has 0 radical (unpaired) electrons. The van der Waals surface area contributed by atoms with E-state index in [1.54, 1.807) is 10.7 Å². The molecule has 3 rings (SSSR count). The summed E-state index contributed by atoms with van der Waals surface area (Å²) in [5, 5.41) is 13.6. The van der Waals surface area contributed by atoms with E-state index in [1.165, 1.54) is 5.56 Å². The molecule has 0 saturated carbocycles. The van der Waals surface area contributed by atoms with Gasteiger partial charge < -0.3 is 5.11 Å². The van der Waals surface area contributed by atoms with Crippen molar-refractivity contribution in [1.82, 2.24) is 9.78 Å². The largest absolute Gasteiger partial charge is 0.476 e. The van der Waals surface area contributed by atoms with E-state index in [4.69, 9.17) is 0 Å². The monoisotopic (exact) mass is 320 g/mol. The Labute approximate surface area is 141 Å². The molecule has 0 atom stereocenters. The van der Waals surface area contributed by atoms with E-state index < -0.39 is 5.97 Å². The van der Waals surface area contributed by atoms with Crippen LogP contribution in [0.4, 0.5) is 0 Å². The second-order valence-corrected chi connectivity index (χ2v) is 5.91. The Balaban J connectivity index is 2.08. The van der Waals surface area contributed by atoms with Crippen LogP contribution in [0.25, 0.3) is 16.9 Å². The number of nitrogens with zero attached hydrogens (tertiary/aromatic N) is 2. The lowest BCUT2D eigenvalue weighted by Gasteiger charge is -2.08. The van der Waals surface area contributed by atoms with E-state index in [2.05, 4.69) is 24.2 Å². The molecule has 0 aliphatic carbocycles. The first-order valence-electron chi connectivity index (χ1n) is 8.08. The third-order valence-electron chi connectivity index (χ3n) is 4.00. The maximum absolute atomic E-state index is 11.3. The van der Waals surface area contributed by atoms with Crippen molar-refractivity contribution in [2.75, 3.05) is 0 Å². The van der Waals surface area contributed by atoms with E-state index >= 15 is 0 Å². The van der Waals surface area contributed by atoms with Crippen LogP contribution < -0.4 is 0 Å². The molecule has 24 heavy (non-hydrogen) atoms. The van der Waals surface area contributed by atoms with Gasteiger partial charge in [0.15, 0.2) is 5.69 Å². The lowest BCUT2D eigenvalue weighted by Crippen LogP contribution is -2.02. The molecule has 1 heterocycles. The number of carboxylic acids is 1. The van der Waals surface area contributed by atoms with Gasteiger partial charge >= 0.3 is 5.97 Å². The molecule has 0 aliphatic rings. The SMILES string of the molecule is CCCc1ccc(-c2cc(C(=O)O)nn2-c2ccc(C)cc2)cc1. The summed E-state index contributed by atoms with van der Waals surface area (Å²) in [7, 11) is 0. The summed E-state index contributed by atoms with van der Waals surface area (Å²) in [6.07, 6.45) is 2.14. The molecule has 4 nitrogen and oxygen atoms in total. The van der Waals surface area contributed by atoms with Crippen LogP contribution in [0.5, 0.6) is 0 Å². The fourth-order valence-corrected chi connectivity index (χ4v) is 2.70. The Morgan fingerprint density at radius 2 is 1.75 bits per heavy atom. The van der Waals surface area contributed by atoms with Gasteiger partial charge in [0.2, 0.25) is 0 Å². The summed E-state index contributed by atoms with van der Waals surface area (Å²) in [4.78, 5) is 11.3. The van der Waals surface area contributed by atoms with E-state index in [9.17, 15) is 9.90 Å². The Morgan fingerprint density at radius 1 is 1.08 bits per heavy atom. The van der Waals surface area contributed by atoms with Crippen molar-refractivity contribution in [1.29, 1.82) is 0 Å². The molecule has 0 amide bonds. The standard InChI is InChI=1S/C20H20N2O2/c1-3-4-15-7-9-16(10-8-15)19-13-18(20(23)24)21-22(19)17-11-5-14(2)6-12-17/h5-13H,3-4H2,1-2H3,(H,23,24). The van der Waals surface area contributed by atoms with Gasteiger partial charge in [-0.3, -0.25) is 0 Å². The minimum absolute atomic E-state index is 0.0446. The number of hydrogen-bond donors (Lipinski definition) is 1. The number of aromatic carboxylic acids is 1. The van der Waals surface area contributed by atoms with E-state index in [1.807, 2.05) is 43.3 Å². The van der Waals surface area contributed by atoms with Crippen molar-refractivity contribution < 1.29 is 9.90 Å². The molecule has 2 aromatic carbocycles. The van der Waals surface area contributed by atoms with Crippen LogP contribution in [0.15, 0.2) is 54.6 Å². The van der Waals surface area contributed by atoms with Gasteiger partial charge in [0.1, 0.15) is 0 Å². The normalized spacial score (nSPS) is 10.8. The Bertz CT molecular complexity index is 846. The predicted molar refractivity (Wildman–Crippen MR) is 94.7 cm³/mol. The molecule has 0 bridgehead atoms. The van der Waals surface area contributed by atoms with Crippen LogP contribution in [-0.4, -0.2) is 20.9 Å². The number of aryl methyl sites for hydroxylation is 2. The van der Waals surface area contributed by atoms with E-state index in [0.29, 0.717) is 0 Å². The maximum atomic E-state index is 11.3. The van der Waals surface area contributed by atoms with Crippen LogP contribution >= 0.6 is 0 Å². The van der Waals surface area contributed by atoms with Gasteiger partial charge in [-0.15, -0.1) is 0 Å². The molecule has 0 saturated heterocycles. The minimum Gasteiger partial charge on any atom is -0.476 e. The van der Waals surface area contributed by atoms with Crippen molar-refractivity contribution >= 4 is 5.97 Å². The van der Waals surface area contributed by atoms with Gasteiger partial charge in [0.05, 0.1) is 11.4 Å². The van der Waals surface area contributed by atoms with Crippen molar-refractivity contribution in [3.05, 3.63) is 71.4 Å². The number of rotatable bonds is 5. The molecule has 4 heteroatoms. The van der Waals surface area contributed by atoms with Gasteiger partial charge in [0.25, 0.3) is 0 Å². The molecule has 3 aromatic rings. The summed E-state index contributed by atoms with van der Waals surface area (Å²) in [5.41, 5.74) is 5.05. The van der Waals surface area contributed by atoms with Crippen LogP contribution in [0, 0.1) is 6.92 Å². The van der Waals surface area contributed by atoms with Crippen molar-refractivity contribution in [3.63, 3.8) is 0 Å².